The molecule has 42 heavy (non-hydrogen) atoms. The Kier molecular flexibility index (Phi) is 13.4. The zero-order chi connectivity index (χ0) is 31.6. The van der Waals surface area contributed by atoms with Crippen LogP contribution in [0.2, 0.25) is 5.02 Å². The van der Waals surface area contributed by atoms with E-state index in [1.807, 2.05) is 65.0 Å². The summed E-state index contributed by atoms with van der Waals surface area (Å²) in [4.78, 5) is 43.2. The molecule has 0 saturated carbocycles. The molecule has 0 aliphatic heterocycles. The molecule has 2 atom stereocenters. The van der Waals surface area contributed by atoms with Crippen molar-refractivity contribution in [3.63, 3.8) is 0 Å². The molecule has 0 aliphatic rings. The number of hydrogen-bond acceptors (Lipinski definition) is 4. The van der Waals surface area contributed by atoms with Gasteiger partial charge in [0.05, 0.1) is 10.7 Å². The van der Waals surface area contributed by atoms with Crippen LogP contribution in [0.3, 0.4) is 0 Å². The van der Waals surface area contributed by atoms with E-state index in [0.29, 0.717) is 23.7 Å². The highest BCUT2D eigenvalue weighted by atomic mass is 35.5. The molecule has 3 amide bonds. The van der Waals surface area contributed by atoms with Crippen LogP contribution in [0.15, 0.2) is 36.4 Å². The van der Waals surface area contributed by atoms with E-state index in [9.17, 15) is 14.4 Å². The van der Waals surface area contributed by atoms with Gasteiger partial charge in [0.2, 0.25) is 5.91 Å². The summed E-state index contributed by atoms with van der Waals surface area (Å²) in [5, 5.41) is 6.27. The summed E-state index contributed by atoms with van der Waals surface area (Å²) >= 11 is 6.50. The molecule has 2 unspecified atom stereocenters. The van der Waals surface area contributed by atoms with E-state index in [-0.39, 0.29) is 17.7 Å². The van der Waals surface area contributed by atoms with Gasteiger partial charge in [-0.2, -0.15) is 0 Å². The van der Waals surface area contributed by atoms with E-state index < -0.39 is 23.8 Å². The Bertz CT molecular complexity index is 1200. The van der Waals surface area contributed by atoms with Gasteiger partial charge in [0.1, 0.15) is 17.7 Å². The molecular weight excluding hydrogens is 550 g/mol. The lowest BCUT2D eigenvalue weighted by Crippen LogP contribution is -2.53. The average Bonchev–Trinajstić information content (AvgIpc) is 2.86. The van der Waals surface area contributed by atoms with Crippen molar-refractivity contribution in [2.45, 2.75) is 112 Å². The van der Waals surface area contributed by atoms with E-state index in [0.717, 1.165) is 47.9 Å². The number of aryl methyl sites for hydroxylation is 3. The van der Waals surface area contributed by atoms with Crippen LogP contribution in [-0.4, -0.2) is 41.0 Å². The minimum atomic E-state index is -0.939. The molecule has 0 bridgehead atoms. The zero-order valence-electron chi connectivity index (χ0n) is 26.9. The van der Waals surface area contributed by atoms with Gasteiger partial charge >= 0.3 is 6.09 Å². The van der Waals surface area contributed by atoms with E-state index in [4.69, 9.17) is 16.3 Å². The molecule has 2 aromatic carbocycles. The molecule has 232 valence electrons. The smallest absolute Gasteiger partial charge is 0.408 e. The fourth-order valence-corrected chi connectivity index (χ4v) is 5.25. The number of anilines is 1. The Morgan fingerprint density at radius 3 is 2.24 bits per heavy atom. The van der Waals surface area contributed by atoms with Crippen molar-refractivity contribution in [2.75, 3.05) is 11.9 Å². The fraction of sp³-hybridized carbons (Fsp3) is 0.559. The number of halogens is 1. The average molecular weight is 600 g/mol. The predicted octanol–water partition coefficient (Wildman–Crippen LogP) is 8.29. The first-order valence-corrected chi connectivity index (χ1v) is 15.5. The number of alkyl carbamates (subject to hydrolysis) is 1. The SMILES string of the molecule is CCCCCCN(C(=O)C(CC(C)C)NC(=O)OC(C)(C)C)C(C(=O)Nc1c(C)cccc1Cl)c1ccc(C)cc1C. The lowest BCUT2D eigenvalue weighted by atomic mass is 9.95. The lowest BCUT2D eigenvalue weighted by Gasteiger charge is -2.36. The quantitative estimate of drug-likeness (QED) is 0.227. The minimum Gasteiger partial charge on any atom is -0.444 e. The summed E-state index contributed by atoms with van der Waals surface area (Å²) < 4.78 is 5.51. The monoisotopic (exact) mass is 599 g/mol. The van der Waals surface area contributed by atoms with Crippen LogP contribution in [-0.2, 0) is 14.3 Å². The van der Waals surface area contributed by atoms with Gasteiger partial charge in [0.25, 0.3) is 5.91 Å². The van der Waals surface area contributed by atoms with Crippen molar-refractivity contribution in [3.8, 4) is 0 Å². The number of para-hydroxylation sites is 1. The molecule has 0 fully saturated rings. The van der Waals surface area contributed by atoms with Crippen LogP contribution in [0.1, 0.15) is 102 Å². The third-order valence-electron chi connectivity index (χ3n) is 6.98. The lowest BCUT2D eigenvalue weighted by molar-refractivity contribution is -0.141. The molecule has 2 rings (SSSR count). The second-order valence-electron chi connectivity index (χ2n) is 12.6. The summed E-state index contributed by atoms with van der Waals surface area (Å²) in [7, 11) is 0. The van der Waals surface area contributed by atoms with Gasteiger partial charge in [0.15, 0.2) is 0 Å². The number of carbonyl (C=O) groups excluding carboxylic acids is 3. The molecule has 0 saturated heterocycles. The molecular formula is C34H50ClN3O4. The Morgan fingerprint density at radius 2 is 1.67 bits per heavy atom. The van der Waals surface area contributed by atoms with Crippen LogP contribution in [0.5, 0.6) is 0 Å². The van der Waals surface area contributed by atoms with Crippen LogP contribution < -0.4 is 10.6 Å². The number of carbonyl (C=O) groups is 3. The first-order chi connectivity index (χ1) is 19.6. The molecule has 0 aliphatic carbocycles. The van der Waals surface area contributed by atoms with Crippen molar-refractivity contribution >= 4 is 35.2 Å². The van der Waals surface area contributed by atoms with E-state index in [2.05, 4.69) is 17.6 Å². The van der Waals surface area contributed by atoms with E-state index in [1.165, 1.54) is 0 Å². The van der Waals surface area contributed by atoms with Crippen LogP contribution in [0.25, 0.3) is 0 Å². The van der Waals surface area contributed by atoms with Gasteiger partial charge < -0.3 is 20.3 Å². The van der Waals surface area contributed by atoms with Crippen molar-refractivity contribution in [2.24, 2.45) is 5.92 Å². The summed E-state index contributed by atoms with van der Waals surface area (Å²) in [6, 6.07) is 9.52. The summed E-state index contributed by atoms with van der Waals surface area (Å²) in [5.74, 6) is -0.570. The predicted molar refractivity (Wildman–Crippen MR) is 172 cm³/mol. The molecule has 2 N–H and O–H groups in total. The number of unbranched alkanes of at least 4 members (excludes halogenated alkanes) is 3. The minimum absolute atomic E-state index is 0.106. The summed E-state index contributed by atoms with van der Waals surface area (Å²) in [6.45, 7) is 17.7. The van der Waals surface area contributed by atoms with Crippen molar-refractivity contribution in [1.29, 1.82) is 0 Å². The number of ether oxygens (including phenoxy) is 1. The molecule has 0 spiro atoms. The maximum absolute atomic E-state index is 14.5. The first-order valence-electron chi connectivity index (χ1n) is 15.1. The highest BCUT2D eigenvalue weighted by Gasteiger charge is 2.37. The number of hydrogen-bond donors (Lipinski definition) is 2. The Hall–Kier alpha value is -3.06. The largest absolute Gasteiger partial charge is 0.444 e. The Balaban J connectivity index is 2.63. The molecule has 0 heterocycles. The third-order valence-corrected chi connectivity index (χ3v) is 7.30. The zero-order valence-corrected chi connectivity index (χ0v) is 27.7. The van der Waals surface area contributed by atoms with Gasteiger partial charge in [-0.25, -0.2) is 4.79 Å². The number of nitrogens with one attached hydrogen (secondary N) is 2. The van der Waals surface area contributed by atoms with Crippen molar-refractivity contribution in [3.05, 3.63) is 63.7 Å². The number of nitrogens with zero attached hydrogens (tertiary/aromatic N) is 1. The maximum atomic E-state index is 14.5. The van der Waals surface area contributed by atoms with Crippen LogP contribution in [0.4, 0.5) is 10.5 Å². The van der Waals surface area contributed by atoms with Crippen LogP contribution in [0, 0.1) is 26.7 Å². The van der Waals surface area contributed by atoms with Gasteiger partial charge in [0, 0.05) is 6.54 Å². The van der Waals surface area contributed by atoms with Crippen molar-refractivity contribution in [1.82, 2.24) is 10.2 Å². The molecule has 8 heteroatoms. The summed E-state index contributed by atoms with van der Waals surface area (Å²) in [5.41, 5.74) is 3.31. The Labute approximate surface area is 257 Å². The molecule has 2 aromatic rings. The van der Waals surface area contributed by atoms with E-state index >= 15 is 0 Å². The highest BCUT2D eigenvalue weighted by molar-refractivity contribution is 6.34. The number of amides is 3. The fourth-order valence-electron chi connectivity index (χ4n) is 4.98. The van der Waals surface area contributed by atoms with Crippen molar-refractivity contribution < 1.29 is 19.1 Å². The van der Waals surface area contributed by atoms with Gasteiger partial charge in [-0.15, -0.1) is 0 Å². The molecule has 0 aromatic heterocycles. The molecule has 7 nitrogen and oxygen atoms in total. The Morgan fingerprint density at radius 1 is 0.976 bits per heavy atom. The van der Waals surface area contributed by atoms with Gasteiger partial charge in [-0.1, -0.05) is 87.5 Å². The standard InChI is InChI=1S/C34H50ClN3O4/c1-10-11-12-13-19-38(32(40)28(20-22(2)3)36-33(41)42-34(7,8)9)30(26-18-17-23(4)21-25(26)6)31(39)37-29-24(5)15-14-16-27(29)35/h14-18,21-22,28,30H,10-13,19-20H2,1-9H3,(H,36,41)(H,37,39). The molecule has 0 radical (unpaired) electrons. The number of benzene rings is 2. The number of rotatable bonds is 13. The van der Waals surface area contributed by atoms with Crippen LogP contribution >= 0.6 is 11.6 Å². The first kappa shape index (κ1) is 35.1. The highest BCUT2D eigenvalue weighted by Crippen LogP contribution is 2.31. The normalized spacial score (nSPS) is 12.9. The second-order valence-corrected chi connectivity index (χ2v) is 13.0. The summed E-state index contributed by atoms with van der Waals surface area (Å²) in [6.07, 6.45) is 3.43. The third kappa shape index (κ3) is 10.6. The second kappa shape index (κ2) is 16.0. The topological polar surface area (TPSA) is 87.7 Å². The maximum Gasteiger partial charge on any atom is 0.408 e. The van der Waals surface area contributed by atoms with Gasteiger partial charge in [-0.3, -0.25) is 9.59 Å². The van der Waals surface area contributed by atoms with Gasteiger partial charge in [-0.05, 0) is 83.1 Å². The van der Waals surface area contributed by atoms with E-state index in [1.54, 1.807) is 31.7 Å².